The van der Waals surface area contributed by atoms with Crippen LogP contribution < -0.4 is 40.6 Å². The number of carbonyl (C=O) groups excluding carboxylic acids is 7. The van der Waals surface area contributed by atoms with Gasteiger partial charge in [0.2, 0.25) is 17.7 Å². The number of rotatable bonds is 21. The lowest BCUT2D eigenvalue weighted by molar-refractivity contribution is -0.136. The molecule has 7 amide bonds. The van der Waals surface area contributed by atoms with Crippen molar-refractivity contribution in [3.8, 4) is 29.0 Å². The third kappa shape index (κ3) is 10.6. The summed E-state index contributed by atoms with van der Waals surface area (Å²) in [6.45, 7) is 0.848. The van der Waals surface area contributed by atoms with Gasteiger partial charge in [0.05, 0.1) is 47.8 Å². The number of amides is 7. The first-order valence-corrected chi connectivity index (χ1v) is 24.9. The van der Waals surface area contributed by atoms with Crippen molar-refractivity contribution in [3.05, 3.63) is 121 Å². The Hall–Kier alpha value is -8.51. The van der Waals surface area contributed by atoms with E-state index >= 15 is 0 Å². The number of imide groups is 2. The summed E-state index contributed by atoms with van der Waals surface area (Å²) in [4.78, 5) is 120. The Bertz CT molecular complexity index is 3360. The Morgan fingerprint density at radius 2 is 1.58 bits per heavy atom. The number of unbranched alkanes of at least 4 members (excludes halogenated alkanes) is 3. The van der Waals surface area contributed by atoms with Gasteiger partial charge in [0, 0.05) is 57.1 Å². The molecule has 0 spiro atoms. The number of nitrogens with one attached hydrogen (secondary N) is 3. The Morgan fingerprint density at radius 1 is 0.816 bits per heavy atom. The number of pyridine rings is 1. The highest BCUT2D eigenvalue weighted by atomic mass is 35.5. The first kappa shape index (κ1) is 52.4. The van der Waals surface area contributed by atoms with Gasteiger partial charge < -0.3 is 34.0 Å². The Morgan fingerprint density at radius 3 is 2.32 bits per heavy atom. The van der Waals surface area contributed by atoms with Gasteiger partial charge in [0.15, 0.2) is 18.0 Å². The van der Waals surface area contributed by atoms with Crippen molar-refractivity contribution in [2.45, 2.75) is 70.1 Å². The molecule has 0 bridgehead atoms. The van der Waals surface area contributed by atoms with Crippen molar-refractivity contribution in [3.63, 3.8) is 0 Å². The Kier molecular flexibility index (Phi) is 15.5. The fraction of sp³-hybridized carbons (Fsp3) is 0.340. The molecule has 6 aromatic rings. The van der Waals surface area contributed by atoms with Crippen molar-refractivity contribution < 1.29 is 47.8 Å². The average Bonchev–Trinajstić information content (AvgIpc) is 4.21. The van der Waals surface area contributed by atoms with Crippen LogP contribution >= 0.6 is 23.2 Å². The van der Waals surface area contributed by atoms with Crippen molar-refractivity contribution >= 4 is 70.2 Å². The van der Waals surface area contributed by atoms with Gasteiger partial charge in [-0.2, -0.15) is 4.98 Å². The summed E-state index contributed by atoms with van der Waals surface area (Å²) in [6.07, 6.45) is 7.69. The molecule has 2 atom stereocenters. The predicted octanol–water partition coefficient (Wildman–Crippen LogP) is 3.68. The van der Waals surface area contributed by atoms with E-state index in [1.807, 2.05) is 4.57 Å². The monoisotopic (exact) mass is 1080 g/mol. The van der Waals surface area contributed by atoms with Gasteiger partial charge in [0.25, 0.3) is 35.1 Å². The number of piperidine rings is 1. The van der Waals surface area contributed by atoms with Gasteiger partial charge in [-0.25, -0.2) is 9.97 Å². The smallest absolute Gasteiger partial charge is 0.319 e. The minimum Gasteiger partial charge on any atom is -0.483 e. The van der Waals surface area contributed by atoms with Gasteiger partial charge in [0.1, 0.15) is 29.3 Å². The summed E-state index contributed by atoms with van der Waals surface area (Å²) >= 11 is 12.8. The van der Waals surface area contributed by atoms with Crippen LogP contribution in [-0.2, 0) is 34.5 Å². The molecule has 1 unspecified atom stereocenters. The van der Waals surface area contributed by atoms with Gasteiger partial charge in [-0.1, -0.05) is 59.5 Å². The number of hydrogen-bond acceptors (Lipinski definition) is 16. The summed E-state index contributed by atoms with van der Waals surface area (Å²) in [5, 5.41) is 16.8. The van der Waals surface area contributed by atoms with E-state index in [9.17, 15) is 38.4 Å². The lowest BCUT2D eigenvalue weighted by atomic mass is 10.0. The van der Waals surface area contributed by atoms with Crippen molar-refractivity contribution in [1.82, 2.24) is 59.9 Å². The van der Waals surface area contributed by atoms with E-state index in [1.165, 1.54) is 71.2 Å². The van der Waals surface area contributed by atoms with Gasteiger partial charge >= 0.3 is 6.01 Å². The first-order valence-electron chi connectivity index (χ1n) is 24.1. The second-order valence-corrected chi connectivity index (χ2v) is 18.7. The van der Waals surface area contributed by atoms with Crippen LogP contribution in [0.2, 0.25) is 10.0 Å². The number of imidazole rings is 1. The SMILES string of the molecule is COc1ncc(-c2nc3c(n2CCCn2cc(C(=O)NCCCCCCNC(=O)COc4cccc5c4C(=O)N(C4CCC(=O)NC4=O)C5=O)nn2)[C@@H](c2ccc(Cl)cc2)N(c2cc(Cl)cn(C)c2=O)C3=O)c(OC)n1. The van der Waals surface area contributed by atoms with Crippen molar-refractivity contribution in [2.75, 3.05) is 38.8 Å². The van der Waals surface area contributed by atoms with E-state index in [4.69, 9.17) is 42.4 Å². The van der Waals surface area contributed by atoms with Gasteiger partial charge in [-0.05, 0) is 61.6 Å². The lowest BCUT2D eigenvalue weighted by Gasteiger charge is -2.27. The molecule has 9 rings (SSSR count). The molecule has 1 saturated heterocycles. The number of benzene rings is 2. The van der Waals surface area contributed by atoms with Crippen LogP contribution in [0.1, 0.15) is 104 Å². The standard InChI is InChI=1S/C50H49Cl2N13O11/c1-61-24-29(52)22-34(47(61)71)64-40(27-12-14-28(51)15-13-27)41-39(49(64)73)57-42(31-23-55-50(75-3)58-45(31)74-2)63(41)21-9-20-62-25-32(59-60-62)43(68)54-19-7-5-4-6-18-53-37(67)26-76-35-11-8-10-30-38(35)48(72)65(46(30)70)33-16-17-36(66)56-44(33)69/h8,10-15,22-25,33,40H,4-7,9,16-21,26H2,1-3H3,(H,53,67)(H,54,68)(H,56,66,69)/t33?,40-/m1/s1. The summed E-state index contributed by atoms with van der Waals surface area (Å²) in [6, 6.07) is 10.9. The lowest BCUT2D eigenvalue weighted by Crippen LogP contribution is -2.54. The Labute approximate surface area is 442 Å². The molecule has 3 aliphatic heterocycles. The molecular formula is C50H49Cl2N13O11. The molecule has 3 aliphatic rings. The topological polar surface area (TPSA) is 286 Å². The predicted molar refractivity (Wildman–Crippen MR) is 270 cm³/mol. The van der Waals surface area contributed by atoms with Crippen LogP contribution in [0, 0.1) is 0 Å². The molecular weight excluding hydrogens is 1030 g/mol. The van der Waals surface area contributed by atoms with E-state index in [0.29, 0.717) is 66.6 Å². The average molecular weight is 1080 g/mol. The largest absolute Gasteiger partial charge is 0.483 e. The molecule has 24 nitrogen and oxygen atoms in total. The van der Waals surface area contributed by atoms with Crippen molar-refractivity contribution in [1.29, 1.82) is 0 Å². The number of aryl methyl sites for hydroxylation is 2. The minimum atomic E-state index is -1.13. The number of methoxy groups -OCH3 is 2. The second-order valence-electron chi connectivity index (χ2n) is 17.8. The third-order valence-corrected chi connectivity index (χ3v) is 13.4. The molecule has 0 radical (unpaired) electrons. The maximum absolute atomic E-state index is 14.6. The van der Waals surface area contributed by atoms with Crippen LogP contribution in [-0.4, -0.2) is 125 Å². The first-order chi connectivity index (χ1) is 36.7. The zero-order chi connectivity index (χ0) is 53.8. The summed E-state index contributed by atoms with van der Waals surface area (Å²) in [5.74, 6) is -3.52. The number of carbonyl (C=O) groups is 7. The molecule has 4 aromatic heterocycles. The molecule has 1 fully saturated rings. The number of hydrogen-bond donors (Lipinski definition) is 3. The highest BCUT2D eigenvalue weighted by molar-refractivity contribution is 6.31. The maximum Gasteiger partial charge on any atom is 0.319 e. The summed E-state index contributed by atoms with van der Waals surface area (Å²) < 4.78 is 21.2. The summed E-state index contributed by atoms with van der Waals surface area (Å²) in [7, 11) is 4.41. The maximum atomic E-state index is 14.6. The molecule has 7 heterocycles. The van der Waals surface area contributed by atoms with Crippen LogP contribution in [0.25, 0.3) is 11.4 Å². The van der Waals surface area contributed by atoms with Crippen molar-refractivity contribution in [2.24, 2.45) is 7.05 Å². The zero-order valence-electron chi connectivity index (χ0n) is 41.2. The van der Waals surface area contributed by atoms with Crippen LogP contribution in [0.3, 0.4) is 0 Å². The highest BCUT2D eigenvalue weighted by Gasteiger charge is 2.47. The van der Waals surface area contributed by atoms with Gasteiger partial charge in [-0.15, -0.1) is 5.10 Å². The van der Waals surface area contributed by atoms with Crippen LogP contribution in [0.15, 0.2) is 71.9 Å². The molecule has 3 N–H and O–H groups in total. The zero-order valence-corrected chi connectivity index (χ0v) is 42.7. The summed E-state index contributed by atoms with van der Waals surface area (Å²) in [5.41, 5.74) is 1.29. The number of ether oxygens (including phenoxy) is 3. The molecule has 2 aromatic carbocycles. The molecule has 0 aliphatic carbocycles. The number of aromatic nitrogens is 8. The van der Waals surface area contributed by atoms with Crippen LogP contribution in [0.4, 0.5) is 5.69 Å². The van der Waals surface area contributed by atoms with E-state index in [1.54, 1.807) is 31.3 Å². The van der Waals surface area contributed by atoms with Crippen LogP contribution in [0.5, 0.6) is 17.6 Å². The number of fused-ring (bicyclic) bond motifs is 2. The number of nitrogens with zero attached hydrogens (tertiary/aromatic N) is 10. The molecule has 76 heavy (non-hydrogen) atoms. The Balaban J connectivity index is 0.776. The second kappa shape index (κ2) is 22.5. The highest BCUT2D eigenvalue weighted by Crippen LogP contribution is 2.44. The van der Waals surface area contributed by atoms with E-state index < -0.39 is 65.6 Å². The number of anilines is 1. The van der Waals surface area contributed by atoms with E-state index in [0.717, 1.165) is 17.7 Å². The normalized spacial score (nSPS) is 15.9. The van der Waals surface area contributed by atoms with E-state index in [-0.39, 0.29) is 70.3 Å². The fourth-order valence-corrected chi connectivity index (χ4v) is 9.67. The third-order valence-electron chi connectivity index (χ3n) is 12.9. The molecule has 394 valence electrons. The fourth-order valence-electron chi connectivity index (χ4n) is 9.30. The quantitative estimate of drug-likeness (QED) is 0.0685. The minimum absolute atomic E-state index is 0.0117. The van der Waals surface area contributed by atoms with E-state index in [2.05, 4.69) is 36.2 Å². The molecule has 26 heteroatoms. The molecule has 0 saturated carbocycles. The number of halogens is 2. The van der Waals surface area contributed by atoms with Gasteiger partial charge in [-0.3, -0.25) is 58.2 Å².